The Morgan fingerprint density at radius 3 is 2.59 bits per heavy atom. The molecular weight excluding hydrogens is 416 g/mol. The van der Waals surface area contributed by atoms with Crippen LogP contribution >= 0.6 is 0 Å². The summed E-state index contributed by atoms with van der Waals surface area (Å²) in [6.07, 6.45) is -0.268. The van der Waals surface area contributed by atoms with Gasteiger partial charge in [-0.15, -0.1) is 6.58 Å². The van der Waals surface area contributed by atoms with Gasteiger partial charge in [-0.2, -0.15) is 0 Å². The summed E-state index contributed by atoms with van der Waals surface area (Å²) >= 11 is 0. The second kappa shape index (κ2) is 11.2. The number of methoxy groups -OCH3 is 1. The molecule has 1 heterocycles. The van der Waals surface area contributed by atoms with Crippen LogP contribution in [0.1, 0.15) is 37.6 Å². The number of benzene rings is 1. The lowest BCUT2D eigenvalue weighted by molar-refractivity contribution is -0.158. The minimum atomic E-state index is -1.45. The topological polar surface area (TPSA) is 113 Å². The molecule has 9 nitrogen and oxygen atoms in total. The van der Waals surface area contributed by atoms with Crippen molar-refractivity contribution >= 4 is 28.7 Å². The molecule has 0 aliphatic heterocycles. The van der Waals surface area contributed by atoms with Gasteiger partial charge in [0.2, 0.25) is 17.9 Å². The lowest BCUT2D eigenvalue weighted by Gasteiger charge is -2.23. The first-order valence-electron chi connectivity index (χ1n) is 10.00. The molecule has 0 spiro atoms. The van der Waals surface area contributed by atoms with Crippen molar-refractivity contribution < 1.29 is 33.3 Å². The monoisotopic (exact) mass is 444 g/mol. The van der Waals surface area contributed by atoms with Crippen molar-refractivity contribution in [3.05, 3.63) is 48.6 Å². The van der Waals surface area contributed by atoms with Crippen LogP contribution in [0, 0.1) is 0 Å². The highest BCUT2D eigenvalue weighted by molar-refractivity contribution is 6.02. The number of ketones is 1. The van der Waals surface area contributed by atoms with E-state index in [9.17, 15) is 14.4 Å². The molecular formula is C23H28N2O7. The second-order valence-corrected chi connectivity index (χ2v) is 7.74. The first kappa shape index (κ1) is 24.8. The third kappa shape index (κ3) is 7.35. The van der Waals surface area contributed by atoms with Crippen LogP contribution in [0.2, 0.25) is 0 Å². The maximum Gasteiger partial charge on any atom is 0.410 e. The van der Waals surface area contributed by atoms with Gasteiger partial charge in [0.1, 0.15) is 5.60 Å². The lowest BCUT2D eigenvalue weighted by atomic mass is 10.1. The molecule has 0 saturated heterocycles. The van der Waals surface area contributed by atoms with E-state index in [0.29, 0.717) is 11.9 Å². The Hall–Kier alpha value is -3.46. The quantitative estimate of drug-likeness (QED) is 0.195. The Bertz CT molecular complexity index is 982. The van der Waals surface area contributed by atoms with Crippen molar-refractivity contribution in [2.45, 2.75) is 39.0 Å². The molecule has 2 aromatic rings. The van der Waals surface area contributed by atoms with Crippen LogP contribution in [-0.4, -0.2) is 55.0 Å². The molecule has 1 N–H and O–H groups in total. The predicted octanol–water partition coefficient (Wildman–Crippen LogP) is 3.41. The molecule has 0 aliphatic rings. The number of hydrogen-bond donors (Lipinski definition) is 1. The number of para-hydroxylation sites is 1. The van der Waals surface area contributed by atoms with E-state index in [0.717, 1.165) is 5.39 Å². The van der Waals surface area contributed by atoms with Gasteiger partial charge < -0.3 is 18.9 Å². The average molecular weight is 444 g/mol. The molecule has 0 aliphatic carbocycles. The largest absolute Gasteiger partial charge is 0.480 e. The third-order valence-electron chi connectivity index (χ3n) is 4.00. The number of ether oxygens (including phenoxy) is 4. The fraction of sp³-hybridized carbons (Fsp3) is 0.391. The van der Waals surface area contributed by atoms with Crippen LogP contribution in [0.15, 0.2) is 43.0 Å². The van der Waals surface area contributed by atoms with E-state index in [1.165, 1.54) is 7.11 Å². The van der Waals surface area contributed by atoms with Gasteiger partial charge in [0.15, 0.2) is 6.61 Å². The fourth-order valence-corrected chi connectivity index (χ4v) is 2.60. The van der Waals surface area contributed by atoms with E-state index >= 15 is 0 Å². The predicted molar refractivity (Wildman–Crippen MR) is 118 cm³/mol. The number of nitrogens with zero attached hydrogens (tertiary/aromatic N) is 1. The zero-order chi connectivity index (χ0) is 23.7. The molecule has 172 valence electrons. The number of hydrogen-bond acceptors (Lipinski definition) is 8. The third-order valence-corrected chi connectivity index (χ3v) is 4.00. The average Bonchev–Trinajstić information content (AvgIpc) is 2.74. The summed E-state index contributed by atoms with van der Waals surface area (Å²) in [6, 6.07) is 8.85. The van der Waals surface area contributed by atoms with Gasteiger partial charge in [-0.05, 0) is 39.3 Å². The Morgan fingerprint density at radius 1 is 1.22 bits per heavy atom. The van der Waals surface area contributed by atoms with Crippen LogP contribution in [0.5, 0.6) is 5.88 Å². The van der Waals surface area contributed by atoms with Gasteiger partial charge in [-0.3, -0.25) is 10.1 Å². The van der Waals surface area contributed by atoms with Gasteiger partial charge in [-0.1, -0.05) is 24.3 Å². The minimum Gasteiger partial charge on any atom is -0.480 e. The zero-order valence-corrected chi connectivity index (χ0v) is 18.7. The first-order valence-corrected chi connectivity index (χ1v) is 10.00. The summed E-state index contributed by atoms with van der Waals surface area (Å²) < 4.78 is 20.8. The number of amides is 1. The van der Waals surface area contributed by atoms with Crippen molar-refractivity contribution in [2.75, 3.05) is 20.3 Å². The summed E-state index contributed by atoms with van der Waals surface area (Å²) in [5, 5.41) is 3.04. The van der Waals surface area contributed by atoms with Crippen molar-refractivity contribution in [2.24, 2.45) is 0 Å². The summed E-state index contributed by atoms with van der Waals surface area (Å²) in [5.74, 6) is -1.34. The minimum absolute atomic E-state index is 0.107. The second-order valence-electron chi connectivity index (χ2n) is 7.74. The standard InChI is InChI=1S/C23H28N2O7/c1-6-7-12-30-20(25-22(28)32-23(2,3)4)21(27)31-14-18(26)16-13-15-10-8-9-11-17(15)24-19(16)29-5/h6,8-11,13,20H,1,7,12,14H2,2-5H3,(H,25,28)/t20-/m0/s1. The highest BCUT2D eigenvalue weighted by Crippen LogP contribution is 2.22. The van der Waals surface area contributed by atoms with Crippen LogP contribution in [0.3, 0.4) is 0 Å². The van der Waals surface area contributed by atoms with Gasteiger partial charge in [0, 0.05) is 5.39 Å². The molecule has 9 heteroatoms. The lowest BCUT2D eigenvalue weighted by Crippen LogP contribution is -2.46. The maximum atomic E-state index is 12.7. The molecule has 1 amide bonds. The number of esters is 1. The maximum absolute atomic E-state index is 12.7. The number of aromatic nitrogens is 1. The summed E-state index contributed by atoms with van der Waals surface area (Å²) in [7, 11) is 1.40. The molecule has 0 bridgehead atoms. The molecule has 0 saturated carbocycles. The van der Waals surface area contributed by atoms with Crippen molar-refractivity contribution in [1.29, 1.82) is 0 Å². The van der Waals surface area contributed by atoms with Crippen LogP contribution < -0.4 is 10.1 Å². The number of pyridine rings is 1. The molecule has 1 atom stereocenters. The summed E-state index contributed by atoms with van der Waals surface area (Å²) in [5.41, 5.74) is 0.0632. The summed E-state index contributed by atoms with van der Waals surface area (Å²) in [4.78, 5) is 41.6. The molecule has 1 aromatic heterocycles. The molecule has 0 fully saturated rings. The fourth-order valence-electron chi connectivity index (χ4n) is 2.60. The first-order chi connectivity index (χ1) is 15.1. The van der Waals surface area contributed by atoms with Crippen LogP contribution in [0.4, 0.5) is 4.79 Å². The highest BCUT2D eigenvalue weighted by Gasteiger charge is 2.27. The number of carbonyl (C=O) groups excluding carboxylic acids is 3. The van der Waals surface area contributed by atoms with Gasteiger partial charge >= 0.3 is 12.1 Å². The number of alkyl carbamates (subject to hydrolysis) is 1. The van der Waals surface area contributed by atoms with E-state index in [4.69, 9.17) is 18.9 Å². The number of carbonyl (C=O) groups is 3. The highest BCUT2D eigenvalue weighted by atomic mass is 16.6. The Balaban J connectivity index is 2.08. The van der Waals surface area contributed by atoms with Gasteiger partial charge in [0.25, 0.3) is 0 Å². The number of Topliss-reactive ketones (excluding diaryl/α,β-unsaturated/α-hetero) is 1. The van der Waals surface area contributed by atoms with Gasteiger partial charge in [0.05, 0.1) is 24.8 Å². The van der Waals surface area contributed by atoms with E-state index in [-0.39, 0.29) is 18.1 Å². The van der Waals surface area contributed by atoms with Gasteiger partial charge in [-0.25, -0.2) is 14.6 Å². The molecule has 0 unspecified atom stereocenters. The number of rotatable bonds is 10. The van der Waals surface area contributed by atoms with E-state index < -0.39 is 36.3 Å². The van der Waals surface area contributed by atoms with Crippen LogP contribution in [0.25, 0.3) is 10.9 Å². The Morgan fingerprint density at radius 2 is 1.94 bits per heavy atom. The number of nitrogens with one attached hydrogen (secondary N) is 1. The van der Waals surface area contributed by atoms with Crippen molar-refractivity contribution in [1.82, 2.24) is 10.3 Å². The van der Waals surface area contributed by atoms with Crippen molar-refractivity contribution in [3.63, 3.8) is 0 Å². The van der Waals surface area contributed by atoms with E-state index in [1.54, 1.807) is 45.0 Å². The van der Waals surface area contributed by atoms with Crippen molar-refractivity contribution in [3.8, 4) is 5.88 Å². The Kier molecular flexibility index (Phi) is 8.71. The van der Waals surface area contributed by atoms with E-state index in [2.05, 4.69) is 16.9 Å². The normalized spacial score (nSPS) is 12.0. The van der Waals surface area contributed by atoms with E-state index in [1.807, 2.05) is 12.1 Å². The molecule has 2 rings (SSSR count). The molecule has 32 heavy (non-hydrogen) atoms. The number of fused-ring (bicyclic) bond motifs is 1. The Labute approximate surface area is 186 Å². The van der Waals surface area contributed by atoms with Crippen LogP contribution in [-0.2, 0) is 19.0 Å². The molecule has 1 aromatic carbocycles. The smallest absolute Gasteiger partial charge is 0.410 e. The summed E-state index contributed by atoms with van der Waals surface area (Å²) in [6.45, 7) is 8.14. The SMILES string of the molecule is C=CCCO[C@H](NC(=O)OC(C)(C)C)C(=O)OCC(=O)c1cc2ccccc2nc1OC. The zero-order valence-electron chi connectivity index (χ0n) is 18.7. The molecule has 0 radical (unpaired) electrons.